The second-order valence-corrected chi connectivity index (χ2v) is 7.29. The summed E-state index contributed by atoms with van der Waals surface area (Å²) in [5.74, 6) is -0.0315. The number of fused-ring (bicyclic) bond motifs is 1. The molecule has 3 rings (SSSR count). The van der Waals surface area contributed by atoms with Crippen molar-refractivity contribution in [2.45, 2.75) is 20.8 Å². The van der Waals surface area contributed by atoms with Crippen LogP contribution in [0.5, 0.6) is 0 Å². The van der Waals surface area contributed by atoms with E-state index in [4.69, 9.17) is 21.1 Å². The highest BCUT2D eigenvalue weighted by Gasteiger charge is 2.24. The van der Waals surface area contributed by atoms with Gasteiger partial charge in [-0.15, -0.1) is 12.4 Å². The van der Waals surface area contributed by atoms with Gasteiger partial charge in [-0.25, -0.2) is 4.98 Å². The van der Waals surface area contributed by atoms with Crippen LogP contribution in [0.15, 0.2) is 28.9 Å². The van der Waals surface area contributed by atoms with Gasteiger partial charge in [0, 0.05) is 24.2 Å². The fourth-order valence-corrected chi connectivity index (χ4v) is 3.93. The molecule has 6 nitrogen and oxygen atoms in total. The summed E-state index contributed by atoms with van der Waals surface area (Å²) >= 11 is 7.69. The van der Waals surface area contributed by atoms with E-state index in [2.05, 4.69) is 23.9 Å². The van der Waals surface area contributed by atoms with Gasteiger partial charge < -0.3 is 9.42 Å². The lowest BCUT2D eigenvalue weighted by molar-refractivity contribution is 0.0948. The minimum Gasteiger partial charge on any atom is -0.351 e. The average Bonchev–Trinajstić information content (AvgIpc) is 3.31. The van der Waals surface area contributed by atoms with Gasteiger partial charge in [0.15, 0.2) is 5.13 Å². The van der Waals surface area contributed by atoms with E-state index in [1.165, 1.54) is 17.5 Å². The van der Waals surface area contributed by atoms with Crippen LogP contribution in [-0.4, -0.2) is 47.1 Å². The van der Waals surface area contributed by atoms with Crippen molar-refractivity contribution in [2.24, 2.45) is 0 Å². The summed E-state index contributed by atoms with van der Waals surface area (Å²) in [6.45, 7) is 9.28. The first kappa shape index (κ1) is 21.6. The van der Waals surface area contributed by atoms with Gasteiger partial charge in [0.2, 0.25) is 5.76 Å². The van der Waals surface area contributed by atoms with Crippen LogP contribution in [0.2, 0.25) is 5.02 Å². The first-order chi connectivity index (χ1) is 12.5. The second kappa shape index (κ2) is 9.50. The third-order valence-corrected chi connectivity index (χ3v) is 5.85. The molecule has 0 atom stereocenters. The number of nitrogens with zero attached hydrogens (tertiary/aromatic N) is 4. The molecule has 1 aromatic carbocycles. The molecule has 3 aromatic rings. The Hall–Kier alpha value is -1.67. The fourth-order valence-electron chi connectivity index (χ4n) is 2.73. The predicted octanol–water partition coefficient (Wildman–Crippen LogP) is 4.66. The summed E-state index contributed by atoms with van der Waals surface area (Å²) in [6.07, 6.45) is 1.47. The van der Waals surface area contributed by atoms with Gasteiger partial charge in [-0.1, -0.05) is 41.9 Å². The summed E-state index contributed by atoms with van der Waals surface area (Å²) in [4.78, 5) is 21.6. The third kappa shape index (κ3) is 4.60. The van der Waals surface area contributed by atoms with Crippen LogP contribution in [0.25, 0.3) is 10.2 Å². The first-order valence-electron chi connectivity index (χ1n) is 8.55. The second-order valence-electron chi connectivity index (χ2n) is 5.88. The number of hydrogen-bond acceptors (Lipinski definition) is 6. The van der Waals surface area contributed by atoms with Gasteiger partial charge in [-0.05, 0) is 37.7 Å². The zero-order valence-corrected chi connectivity index (χ0v) is 17.8. The van der Waals surface area contributed by atoms with Crippen LogP contribution in [0.1, 0.15) is 30.0 Å². The van der Waals surface area contributed by atoms with Crippen LogP contribution < -0.4 is 4.90 Å². The number of hydrogen-bond donors (Lipinski definition) is 0. The number of halogens is 2. The van der Waals surface area contributed by atoms with Crippen LogP contribution in [0.3, 0.4) is 0 Å². The summed E-state index contributed by atoms with van der Waals surface area (Å²) < 4.78 is 6.08. The number of carbonyl (C=O) groups excluding carboxylic acids is 1. The number of rotatable bonds is 7. The molecule has 146 valence electrons. The molecular weight excluding hydrogens is 407 g/mol. The van der Waals surface area contributed by atoms with E-state index in [1.807, 2.05) is 19.1 Å². The molecular formula is C18H22Cl2N4O2S. The van der Waals surface area contributed by atoms with Crippen molar-refractivity contribution in [3.05, 3.63) is 40.7 Å². The predicted molar refractivity (Wildman–Crippen MR) is 113 cm³/mol. The van der Waals surface area contributed by atoms with Crippen molar-refractivity contribution in [2.75, 3.05) is 31.1 Å². The molecule has 0 bridgehead atoms. The maximum Gasteiger partial charge on any atom is 0.298 e. The van der Waals surface area contributed by atoms with E-state index in [0.29, 0.717) is 16.7 Å². The molecule has 9 heteroatoms. The Labute approximate surface area is 173 Å². The molecule has 0 saturated heterocycles. The van der Waals surface area contributed by atoms with Gasteiger partial charge in [-0.2, -0.15) is 0 Å². The molecule has 0 saturated carbocycles. The van der Waals surface area contributed by atoms with E-state index in [1.54, 1.807) is 11.0 Å². The van der Waals surface area contributed by atoms with Gasteiger partial charge in [0.25, 0.3) is 5.91 Å². The number of likely N-dealkylation sites (N-methyl/N-ethyl adjacent to an activating group) is 1. The Bertz CT molecular complexity index is 894. The molecule has 2 aromatic heterocycles. The molecule has 0 N–H and O–H groups in total. The lowest BCUT2D eigenvalue weighted by Gasteiger charge is -2.23. The van der Waals surface area contributed by atoms with Crippen molar-refractivity contribution < 1.29 is 9.32 Å². The zero-order chi connectivity index (χ0) is 18.7. The lowest BCUT2D eigenvalue weighted by Crippen LogP contribution is -2.38. The highest BCUT2D eigenvalue weighted by atomic mass is 35.5. The Morgan fingerprint density at radius 2 is 1.96 bits per heavy atom. The number of benzene rings is 1. The number of aryl methyl sites for hydroxylation is 1. The van der Waals surface area contributed by atoms with Crippen molar-refractivity contribution >= 4 is 56.6 Å². The minimum atomic E-state index is -0.238. The minimum absolute atomic E-state index is 0. The summed E-state index contributed by atoms with van der Waals surface area (Å²) in [6, 6.07) is 5.37. The molecule has 0 radical (unpaired) electrons. The molecule has 0 spiro atoms. The highest BCUT2D eigenvalue weighted by molar-refractivity contribution is 7.22. The number of thiazole rings is 1. The Morgan fingerprint density at radius 1 is 1.22 bits per heavy atom. The fraction of sp³-hybridized carbons (Fsp3) is 0.389. The van der Waals surface area contributed by atoms with Gasteiger partial charge in [-0.3, -0.25) is 9.69 Å². The van der Waals surface area contributed by atoms with Crippen molar-refractivity contribution in [1.29, 1.82) is 0 Å². The van der Waals surface area contributed by atoms with Crippen molar-refractivity contribution in [1.82, 2.24) is 15.0 Å². The van der Waals surface area contributed by atoms with Crippen LogP contribution >= 0.6 is 35.3 Å². The summed E-state index contributed by atoms with van der Waals surface area (Å²) in [7, 11) is 0. The third-order valence-electron chi connectivity index (χ3n) is 4.40. The quantitative estimate of drug-likeness (QED) is 0.547. The standard InChI is InChI=1S/C18H21ClN4O2S.ClH/c1-4-22(5-2)10-11-23(17(24)14-8-9-20-25-14)18-21-16-12(3)13(19)6-7-15(16)26-18;/h6-9H,4-5,10-11H2,1-3H3;1H. The summed E-state index contributed by atoms with van der Waals surface area (Å²) in [5.41, 5.74) is 1.75. The molecule has 0 unspecified atom stereocenters. The SMILES string of the molecule is CCN(CC)CCN(C(=O)c1ccno1)c1nc2c(C)c(Cl)ccc2s1.Cl. The van der Waals surface area contributed by atoms with Crippen LogP contribution in [-0.2, 0) is 0 Å². The number of anilines is 1. The number of amides is 1. The molecule has 27 heavy (non-hydrogen) atoms. The van der Waals surface area contributed by atoms with Gasteiger partial charge in [0.05, 0.1) is 16.4 Å². The molecule has 0 aliphatic rings. The molecule has 0 aliphatic carbocycles. The van der Waals surface area contributed by atoms with E-state index < -0.39 is 0 Å². The molecule has 2 heterocycles. The van der Waals surface area contributed by atoms with Gasteiger partial charge >= 0.3 is 0 Å². The van der Waals surface area contributed by atoms with Crippen molar-refractivity contribution in [3.8, 4) is 0 Å². The van der Waals surface area contributed by atoms with E-state index >= 15 is 0 Å². The maximum atomic E-state index is 12.9. The topological polar surface area (TPSA) is 62.5 Å². The van der Waals surface area contributed by atoms with Crippen LogP contribution in [0, 0.1) is 6.92 Å². The van der Waals surface area contributed by atoms with E-state index in [-0.39, 0.29) is 24.1 Å². The zero-order valence-electron chi connectivity index (χ0n) is 15.4. The largest absolute Gasteiger partial charge is 0.351 e. The molecule has 0 fully saturated rings. The Morgan fingerprint density at radius 3 is 2.59 bits per heavy atom. The first-order valence-corrected chi connectivity index (χ1v) is 9.75. The van der Waals surface area contributed by atoms with Crippen LogP contribution in [0.4, 0.5) is 5.13 Å². The average molecular weight is 429 g/mol. The highest BCUT2D eigenvalue weighted by Crippen LogP contribution is 2.34. The molecule has 1 amide bonds. The monoisotopic (exact) mass is 428 g/mol. The number of aromatic nitrogens is 2. The summed E-state index contributed by atoms with van der Waals surface area (Å²) in [5, 5.41) is 4.96. The Kier molecular flexibility index (Phi) is 7.61. The normalized spacial score (nSPS) is 11.0. The van der Waals surface area contributed by atoms with Gasteiger partial charge in [0.1, 0.15) is 0 Å². The number of carbonyl (C=O) groups is 1. The molecule has 0 aliphatic heterocycles. The smallest absolute Gasteiger partial charge is 0.298 e. The Balaban J connectivity index is 0.00000261. The lowest BCUT2D eigenvalue weighted by atomic mass is 10.2. The maximum absolute atomic E-state index is 12.9. The van der Waals surface area contributed by atoms with E-state index in [0.717, 1.165) is 35.4 Å². The van der Waals surface area contributed by atoms with E-state index in [9.17, 15) is 4.79 Å². The van der Waals surface area contributed by atoms with Crippen molar-refractivity contribution in [3.63, 3.8) is 0 Å².